The van der Waals surface area contributed by atoms with E-state index in [2.05, 4.69) is 15.4 Å². The molecule has 2 aromatic heterocycles. The molecule has 0 atom stereocenters. The zero-order chi connectivity index (χ0) is 17.1. The molecule has 24 heavy (non-hydrogen) atoms. The van der Waals surface area contributed by atoms with Gasteiger partial charge in [-0.1, -0.05) is 0 Å². The molecule has 0 spiro atoms. The summed E-state index contributed by atoms with van der Waals surface area (Å²) in [5.41, 5.74) is 2.64. The molecular formula is C17H17FN4O2. The van der Waals surface area contributed by atoms with E-state index in [9.17, 15) is 9.18 Å². The number of nitrogens with one attached hydrogen (secondary N) is 1. The van der Waals surface area contributed by atoms with Crippen molar-refractivity contribution in [3.63, 3.8) is 0 Å². The third kappa shape index (κ3) is 3.51. The first-order chi connectivity index (χ1) is 11.5. The molecule has 7 heteroatoms. The van der Waals surface area contributed by atoms with Gasteiger partial charge in [-0.2, -0.15) is 5.10 Å². The summed E-state index contributed by atoms with van der Waals surface area (Å²) in [6.07, 6.45) is 1.45. The number of benzene rings is 1. The van der Waals surface area contributed by atoms with Crippen molar-refractivity contribution in [3.8, 4) is 11.3 Å². The molecule has 0 radical (unpaired) electrons. The Bertz CT molecular complexity index is 852. The summed E-state index contributed by atoms with van der Waals surface area (Å²) in [5, 5.41) is 7.07. The minimum Gasteiger partial charge on any atom is -0.432 e. The quantitative estimate of drug-likeness (QED) is 0.781. The Morgan fingerprint density at radius 3 is 2.71 bits per heavy atom. The lowest BCUT2D eigenvalue weighted by Crippen LogP contribution is -2.28. The monoisotopic (exact) mass is 328 g/mol. The molecule has 1 N–H and O–H groups in total. The van der Waals surface area contributed by atoms with E-state index in [0.717, 1.165) is 11.4 Å². The number of rotatable bonds is 5. The van der Waals surface area contributed by atoms with E-state index in [1.165, 1.54) is 18.3 Å². The summed E-state index contributed by atoms with van der Waals surface area (Å²) < 4.78 is 20.2. The molecule has 2 heterocycles. The van der Waals surface area contributed by atoms with Crippen LogP contribution in [0.2, 0.25) is 0 Å². The molecule has 0 unspecified atom stereocenters. The maximum Gasteiger partial charge on any atom is 0.307 e. The Hall–Kier alpha value is -2.96. The molecule has 0 saturated heterocycles. The van der Waals surface area contributed by atoms with Gasteiger partial charge in [0.25, 0.3) is 5.89 Å². The second-order valence-electron chi connectivity index (χ2n) is 5.44. The van der Waals surface area contributed by atoms with Crippen molar-refractivity contribution in [2.75, 3.05) is 6.54 Å². The highest BCUT2D eigenvalue weighted by Crippen LogP contribution is 2.20. The van der Waals surface area contributed by atoms with E-state index in [1.54, 1.807) is 12.1 Å². The topological polar surface area (TPSA) is 73.0 Å². The zero-order valence-corrected chi connectivity index (χ0v) is 13.4. The molecule has 0 fully saturated rings. The van der Waals surface area contributed by atoms with Crippen LogP contribution in [0.5, 0.6) is 0 Å². The minimum atomic E-state index is -0.398. The molecule has 6 nitrogen and oxygen atoms in total. The predicted molar refractivity (Wildman–Crippen MR) is 85.9 cm³/mol. The van der Waals surface area contributed by atoms with Crippen molar-refractivity contribution < 1.29 is 13.6 Å². The maximum atomic E-state index is 12.9. The third-order valence-electron chi connectivity index (χ3n) is 3.54. The number of aryl methyl sites for hydroxylation is 2. The van der Waals surface area contributed by atoms with E-state index in [1.807, 2.05) is 24.6 Å². The van der Waals surface area contributed by atoms with E-state index in [0.29, 0.717) is 24.4 Å². The normalized spacial score (nSPS) is 10.8. The zero-order valence-electron chi connectivity index (χ0n) is 13.4. The van der Waals surface area contributed by atoms with Crippen LogP contribution in [0, 0.1) is 19.7 Å². The number of hydrogen-bond acceptors (Lipinski definition) is 4. The van der Waals surface area contributed by atoms with Gasteiger partial charge in [-0.3, -0.25) is 9.48 Å². The van der Waals surface area contributed by atoms with Gasteiger partial charge in [0.2, 0.25) is 0 Å². The molecule has 124 valence electrons. The molecule has 0 aliphatic heterocycles. The van der Waals surface area contributed by atoms with Gasteiger partial charge in [0.1, 0.15) is 5.82 Å². The molecule has 0 aliphatic rings. The molecule has 1 amide bonds. The molecule has 1 aromatic carbocycles. The first kappa shape index (κ1) is 15.9. The van der Waals surface area contributed by atoms with Crippen molar-refractivity contribution >= 4 is 5.91 Å². The fourth-order valence-electron chi connectivity index (χ4n) is 2.38. The largest absolute Gasteiger partial charge is 0.432 e. The van der Waals surface area contributed by atoms with Gasteiger partial charge in [0, 0.05) is 17.8 Å². The van der Waals surface area contributed by atoms with Gasteiger partial charge in [-0.15, -0.1) is 0 Å². The summed E-state index contributed by atoms with van der Waals surface area (Å²) in [6, 6.07) is 7.77. The Labute approximate surface area is 138 Å². The average molecular weight is 328 g/mol. The maximum absolute atomic E-state index is 12.9. The number of hydrogen-bond donors (Lipinski definition) is 1. The Kier molecular flexibility index (Phi) is 4.41. The SMILES string of the molecule is Cc1cc(C)n(CCNC(=O)c2ncc(-c3ccc(F)cc3)o2)n1. The second-order valence-corrected chi connectivity index (χ2v) is 5.44. The van der Waals surface area contributed by atoms with Crippen LogP contribution in [0.3, 0.4) is 0 Å². The van der Waals surface area contributed by atoms with E-state index >= 15 is 0 Å². The average Bonchev–Trinajstić information content (AvgIpc) is 3.15. The fourth-order valence-corrected chi connectivity index (χ4v) is 2.38. The Morgan fingerprint density at radius 1 is 1.29 bits per heavy atom. The molecule has 3 rings (SSSR count). The minimum absolute atomic E-state index is 0.0253. The smallest absolute Gasteiger partial charge is 0.307 e. The van der Waals surface area contributed by atoms with Crippen molar-refractivity contribution in [1.29, 1.82) is 0 Å². The van der Waals surface area contributed by atoms with Gasteiger partial charge in [-0.05, 0) is 44.2 Å². The summed E-state index contributed by atoms with van der Waals surface area (Å²) >= 11 is 0. The van der Waals surface area contributed by atoms with Crippen LogP contribution in [0.1, 0.15) is 22.1 Å². The molecular weight excluding hydrogens is 311 g/mol. The van der Waals surface area contributed by atoms with Gasteiger partial charge in [0.05, 0.1) is 18.4 Å². The number of aromatic nitrogens is 3. The molecule has 0 saturated carbocycles. The number of carbonyl (C=O) groups excluding carboxylic acids is 1. The lowest BCUT2D eigenvalue weighted by Gasteiger charge is -2.05. The van der Waals surface area contributed by atoms with Crippen LogP contribution in [-0.4, -0.2) is 27.2 Å². The number of halogens is 1. The van der Waals surface area contributed by atoms with Gasteiger partial charge in [-0.25, -0.2) is 9.37 Å². The lowest BCUT2D eigenvalue weighted by molar-refractivity contribution is 0.0918. The highest BCUT2D eigenvalue weighted by molar-refractivity contribution is 5.89. The third-order valence-corrected chi connectivity index (χ3v) is 3.54. The number of oxazole rings is 1. The van der Waals surface area contributed by atoms with Crippen molar-refractivity contribution in [1.82, 2.24) is 20.1 Å². The van der Waals surface area contributed by atoms with Crippen LogP contribution >= 0.6 is 0 Å². The first-order valence-corrected chi connectivity index (χ1v) is 7.54. The highest BCUT2D eigenvalue weighted by Gasteiger charge is 2.14. The van der Waals surface area contributed by atoms with Crippen molar-refractivity contribution in [3.05, 3.63) is 59.6 Å². The van der Waals surface area contributed by atoms with Crippen LogP contribution in [0.15, 0.2) is 40.9 Å². The number of nitrogens with zero attached hydrogens (tertiary/aromatic N) is 3. The standard InChI is InChI=1S/C17H17FN4O2/c1-11-9-12(2)22(21-11)8-7-19-16(23)17-20-10-15(24-17)13-3-5-14(18)6-4-13/h3-6,9-10H,7-8H2,1-2H3,(H,19,23). The molecule has 0 bridgehead atoms. The van der Waals surface area contributed by atoms with Crippen LogP contribution in [0.25, 0.3) is 11.3 Å². The van der Waals surface area contributed by atoms with E-state index in [4.69, 9.17) is 4.42 Å². The van der Waals surface area contributed by atoms with E-state index in [-0.39, 0.29) is 11.7 Å². The van der Waals surface area contributed by atoms with Crippen molar-refractivity contribution in [2.45, 2.75) is 20.4 Å². The molecule has 3 aromatic rings. The summed E-state index contributed by atoms with van der Waals surface area (Å²) in [7, 11) is 0. The van der Waals surface area contributed by atoms with Crippen LogP contribution in [-0.2, 0) is 6.54 Å². The number of carbonyl (C=O) groups is 1. The second kappa shape index (κ2) is 6.66. The van der Waals surface area contributed by atoms with Gasteiger partial charge in [0.15, 0.2) is 5.76 Å². The van der Waals surface area contributed by atoms with Gasteiger partial charge < -0.3 is 9.73 Å². The fraction of sp³-hybridized carbons (Fsp3) is 0.235. The van der Waals surface area contributed by atoms with Gasteiger partial charge >= 0.3 is 5.91 Å². The highest BCUT2D eigenvalue weighted by atomic mass is 19.1. The lowest BCUT2D eigenvalue weighted by atomic mass is 10.2. The van der Waals surface area contributed by atoms with Crippen molar-refractivity contribution in [2.24, 2.45) is 0 Å². The first-order valence-electron chi connectivity index (χ1n) is 7.54. The molecule has 0 aliphatic carbocycles. The summed E-state index contributed by atoms with van der Waals surface area (Å²) in [4.78, 5) is 16.0. The van der Waals surface area contributed by atoms with E-state index < -0.39 is 5.91 Å². The van der Waals surface area contributed by atoms with Crippen LogP contribution < -0.4 is 5.32 Å². The Balaban J connectivity index is 1.59. The summed E-state index contributed by atoms with van der Waals surface area (Å²) in [5.74, 6) is -0.341. The predicted octanol–water partition coefficient (Wildman–Crippen LogP) is 2.72. The van der Waals surface area contributed by atoms with Crippen LogP contribution in [0.4, 0.5) is 4.39 Å². The summed E-state index contributed by atoms with van der Waals surface area (Å²) in [6.45, 7) is 4.86. The Morgan fingerprint density at radius 2 is 2.04 bits per heavy atom. The number of amides is 1.